The average molecular weight is 558 g/mol. The van der Waals surface area contributed by atoms with Crippen LogP contribution in [0, 0.1) is 0 Å². The van der Waals surface area contributed by atoms with Gasteiger partial charge in [0.2, 0.25) is 0 Å². The standard InChI is InChI=1S/C12H5F19O3/c1-2-33-3(32)4(13,14)5(15,16)6(17,18)7(19,20)8(21,22)12(30,31)34-9(23,10(24,25)26)11(27,28)29/h2H2,1H3. The van der Waals surface area contributed by atoms with Gasteiger partial charge in [-0.3, -0.25) is 4.74 Å². The van der Waals surface area contributed by atoms with Crippen LogP contribution < -0.4 is 0 Å². The highest BCUT2D eigenvalue weighted by Gasteiger charge is 2.93. The lowest BCUT2D eigenvalue weighted by Gasteiger charge is -2.41. The normalized spacial score (nSPS) is 16.0. The summed E-state index contributed by atoms with van der Waals surface area (Å²) >= 11 is 0. The van der Waals surface area contributed by atoms with Crippen molar-refractivity contribution in [2.45, 2.75) is 60.9 Å². The number of hydrogen-bond acceptors (Lipinski definition) is 3. The molecule has 0 amide bonds. The molecule has 3 nitrogen and oxygen atoms in total. The van der Waals surface area contributed by atoms with Crippen LogP contribution in [0.15, 0.2) is 0 Å². The van der Waals surface area contributed by atoms with Crippen LogP contribution in [0.3, 0.4) is 0 Å². The quantitative estimate of drug-likeness (QED) is 0.253. The van der Waals surface area contributed by atoms with Gasteiger partial charge in [-0.1, -0.05) is 0 Å². The van der Waals surface area contributed by atoms with Crippen LogP contribution in [0.25, 0.3) is 0 Å². The number of carbonyl (C=O) groups excluding carboxylic acids is 1. The van der Waals surface area contributed by atoms with Crippen molar-refractivity contribution in [3.63, 3.8) is 0 Å². The Labute approximate surface area is 172 Å². The zero-order valence-electron chi connectivity index (χ0n) is 15.1. The number of ether oxygens (including phenoxy) is 2. The van der Waals surface area contributed by atoms with Crippen LogP contribution >= 0.6 is 0 Å². The molecule has 204 valence electrons. The summed E-state index contributed by atoms with van der Waals surface area (Å²) in [5, 5.41) is 0. The van der Waals surface area contributed by atoms with Gasteiger partial charge in [0, 0.05) is 0 Å². The molecule has 34 heavy (non-hydrogen) atoms. The lowest BCUT2D eigenvalue weighted by atomic mass is 9.93. The van der Waals surface area contributed by atoms with Gasteiger partial charge >= 0.3 is 59.9 Å². The Morgan fingerprint density at radius 2 is 0.882 bits per heavy atom. The van der Waals surface area contributed by atoms with E-state index in [-0.39, 0.29) is 0 Å². The van der Waals surface area contributed by atoms with Gasteiger partial charge in [0.1, 0.15) is 0 Å². The number of carbonyl (C=O) groups is 1. The van der Waals surface area contributed by atoms with E-state index in [0.29, 0.717) is 6.92 Å². The highest BCUT2D eigenvalue weighted by atomic mass is 19.4. The van der Waals surface area contributed by atoms with E-state index in [1.165, 1.54) is 0 Å². The van der Waals surface area contributed by atoms with Crippen molar-refractivity contribution in [1.29, 1.82) is 0 Å². The van der Waals surface area contributed by atoms with Crippen molar-refractivity contribution in [2.24, 2.45) is 0 Å². The predicted molar refractivity (Wildman–Crippen MR) is 63.3 cm³/mol. The summed E-state index contributed by atoms with van der Waals surface area (Å²) in [7, 11) is 0. The van der Waals surface area contributed by atoms with Crippen molar-refractivity contribution in [2.75, 3.05) is 6.61 Å². The van der Waals surface area contributed by atoms with Crippen LogP contribution in [-0.4, -0.2) is 66.5 Å². The number of halogens is 19. The van der Waals surface area contributed by atoms with Gasteiger partial charge in [0.05, 0.1) is 6.61 Å². The molecular weight excluding hydrogens is 553 g/mol. The van der Waals surface area contributed by atoms with Crippen molar-refractivity contribution in [3.8, 4) is 0 Å². The Balaban J connectivity index is 6.78. The van der Waals surface area contributed by atoms with Crippen LogP contribution in [0.1, 0.15) is 6.92 Å². The molecule has 0 aliphatic heterocycles. The van der Waals surface area contributed by atoms with E-state index >= 15 is 0 Å². The van der Waals surface area contributed by atoms with Crippen LogP contribution in [-0.2, 0) is 14.3 Å². The van der Waals surface area contributed by atoms with Crippen molar-refractivity contribution in [1.82, 2.24) is 0 Å². The largest absolute Gasteiger partial charge is 0.461 e. The first-order valence-corrected chi connectivity index (χ1v) is 7.40. The molecule has 0 aromatic carbocycles. The maximum atomic E-state index is 13.4. The molecule has 0 aromatic heterocycles. The number of alkyl halides is 19. The van der Waals surface area contributed by atoms with Crippen molar-refractivity contribution < 1.29 is 97.7 Å². The van der Waals surface area contributed by atoms with Gasteiger partial charge in [0.25, 0.3) is 0 Å². The second kappa shape index (κ2) is 8.35. The third-order valence-corrected chi connectivity index (χ3v) is 3.47. The molecule has 0 radical (unpaired) electrons. The molecule has 0 N–H and O–H groups in total. The molecule has 0 aliphatic rings. The summed E-state index contributed by atoms with van der Waals surface area (Å²) in [6, 6.07) is 0. The smallest absolute Gasteiger partial charge is 0.458 e. The van der Waals surface area contributed by atoms with Crippen LogP contribution in [0.2, 0.25) is 0 Å². The van der Waals surface area contributed by atoms with Crippen molar-refractivity contribution in [3.05, 3.63) is 0 Å². The summed E-state index contributed by atoms with van der Waals surface area (Å²) in [4.78, 5) is 10.6. The SMILES string of the molecule is CCOC(=O)C(F)(F)C(F)(F)C(F)(F)C(F)(F)C(F)(F)C(F)(F)OC(F)(C(F)(F)F)C(F)(F)F. The van der Waals surface area contributed by atoms with Gasteiger partial charge in [-0.25, -0.2) is 4.79 Å². The van der Waals surface area contributed by atoms with Crippen molar-refractivity contribution >= 4 is 5.97 Å². The summed E-state index contributed by atoms with van der Waals surface area (Å²) in [5.41, 5.74) is 0. The van der Waals surface area contributed by atoms with Crippen LogP contribution in [0.4, 0.5) is 83.4 Å². The molecule has 0 unspecified atom stereocenters. The average Bonchev–Trinajstić information content (AvgIpc) is 2.58. The summed E-state index contributed by atoms with van der Waals surface area (Å²) in [6.45, 7) is -0.850. The Hall–Kier alpha value is -1.90. The van der Waals surface area contributed by atoms with Gasteiger partial charge in [-0.15, -0.1) is 0 Å². The summed E-state index contributed by atoms with van der Waals surface area (Å²) in [5.74, 6) is -53.2. The zero-order valence-corrected chi connectivity index (χ0v) is 15.1. The maximum absolute atomic E-state index is 13.4. The van der Waals surface area contributed by atoms with Gasteiger partial charge in [-0.2, -0.15) is 83.4 Å². The second-order valence-electron chi connectivity index (χ2n) is 5.80. The summed E-state index contributed by atoms with van der Waals surface area (Å²) < 4.78 is 250. The summed E-state index contributed by atoms with van der Waals surface area (Å²) in [6.07, 6.45) is -24.1. The Bertz CT molecular complexity index is 735. The van der Waals surface area contributed by atoms with E-state index in [1.54, 1.807) is 0 Å². The monoisotopic (exact) mass is 558 g/mol. The Morgan fingerprint density at radius 1 is 0.559 bits per heavy atom. The van der Waals surface area contributed by atoms with Crippen LogP contribution in [0.5, 0.6) is 0 Å². The van der Waals surface area contributed by atoms with Gasteiger partial charge < -0.3 is 4.74 Å². The minimum atomic E-state index is -8.76. The molecule has 0 rings (SSSR count). The predicted octanol–water partition coefficient (Wildman–Crippen LogP) is 6.13. The Kier molecular flexibility index (Phi) is 7.88. The lowest BCUT2D eigenvalue weighted by Crippen LogP contribution is -2.73. The first-order valence-electron chi connectivity index (χ1n) is 7.40. The Morgan fingerprint density at radius 3 is 1.18 bits per heavy atom. The third-order valence-electron chi connectivity index (χ3n) is 3.47. The molecule has 0 bridgehead atoms. The molecule has 0 heterocycles. The molecule has 0 atom stereocenters. The highest BCUT2D eigenvalue weighted by Crippen LogP contribution is 2.62. The molecular formula is C12H5F19O3. The molecule has 22 heteroatoms. The van der Waals surface area contributed by atoms with E-state index in [9.17, 15) is 88.2 Å². The molecule has 0 saturated carbocycles. The van der Waals surface area contributed by atoms with Gasteiger partial charge in [-0.05, 0) is 6.92 Å². The first kappa shape index (κ1) is 32.1. The topological polar surface area (TPSA) is 35.5 Å². The third kappa shape index (κ3) is 4.40. The number of rotatable bonds is 9. The fraction of sp³-hybridized carbons (Fsp3) is 0.917. The number of esters is 1. The molecule has 0 fully saturated rings. The second-order valence-corrected chi connectivity index (χ2v) is 5.80. The van der Waals surface area contributed by atoms with E-state index in [1.807, 2.05) is 0 Å². The van der Waals surface area contributed by atoms with E-state index in [0.717, 1.165) is 4.74 Å². The zero-order chi connectivity index (χ0) is 28.2. The fourth-order valence-corrected chi connectivity index (χ4v) is 1.64. The molecule has 0 aliphatic carbocycles. The fourth-order valence-electron chi connectivity index (χ4n) is 1.64. The molecule has 0 aromatic rings. The molecule has 0 spiro atoms. The first-order chi connectivity index (χ1) is 14.4. The van der Waals surface area contributed by atoms with E-state index in [4.69, 9.17) is 0 Å². The highest BCUT2D eigenvalue weighted by molar-refractivity contribution is 5.79. The van der Waals surface area contributed by atoms with E-state index < -0.39 is 66.5 Å². The van der Waals surface area contributed by atoms with E-state index in [2.05, 4.69) is 4.74 Å². The molecule has 0 saturated heterocycles. The minimum Gasteiger partial charge on any atom is -0.461 e. The maximum Gasteiger partial charge on any atom is 0.458 e. The minimum absolute atomic E-state index is 0.523. The van der Waals surface area contributed by atoms with Gasteiger partial charge in [0.15, 0.2) is 0 Å². The lowest BCUT2D eigenvalue weighted by molar-refractivity contribution is -0.525. The number of hydrogen-bond donors (Lipinski definition) is 0.